The van der Waals surface area contributed by atoms with Crippen LogP contribution in [-0.2, 0) is 9.59 Å². The number of aliphatic hydroxyl groups is 2. The maximum atomic E-state index is 12.6. The maximum absolute atomic E-state index is 12.6. The highest BCUT2D eigenvalue weighted by molar-refractivity contribution is 7.99. The lowest BCUT2D eigenvalue weighted by molar-refractivity contribution is -0.128. The zero-order chi connectivity index (χ0) is 39.5. The third-order valence-corrected chi connectivity index (χ3v) is 7.59. The summed E-state index contributed by atoms with van der Waals surface area (Å²) in [5, 5.41) is 29.3. The van der Waals surface area contributed by atoms with Crippen molar-refractivity contribution in [3.8, 4) is 0 Å². The van der Waals surface area contributed by atoms with Crippen molar-refractivity contribution in [2.24, 2.45) is 4.99 Å². The Bertz CT molecular complexity index is 1180. The van der Waals surface area contributed by atoms with Gasteiger partial charge in [-0.25, -0.2) is 0 Å². The molecular formula is C41H68N4O5S. The van der Waals surface area contributed by atoms with Crippen molar-refractivity contribution in [1.29, 1.82) is 0 Å². The molecule has 3 amide bonds. The van der Waals surface area contributed by atoms with Crippen molar-refractivity contribution in [1.82, 2.24) is 16.0 Å². The fourth-order valence-corrected chi connectivity index (χ4v) is 5.03. The van der Waals surface area contributed by atoms with Crippen LogP contribution in [0.1, 0.15) is 96.0 Å². The van der Waals surface area contributed by atoms with Gasteiger partial charge >= 0.3 is 0 Å². The number of hydrogen-bond acceptors (Lipinski definition) is 7. The summed E-state index contributed by atoms with van der Waals surface area (Å²) in [6.45, 7) is 22.9. The summed E-state index contributed by atoms with van der Waals surface area (Å²) in [6, 6.07) is 17.5. The summed E-state index contributed by atoms with van der Waals surface area (Å²) in [6.07, 6.45) is 4.58. The van der Waals surface area contributed by atoms with E-state index in [9.17, 15) is 24.6 Å². The molecule has 10 heteroatoms. The van der Waals surface area contributed by atoms with Crippen LogP contribution in [0.25, 0.3) is 0 Å². The van der Waals surface area contributed by atoms with Crippen LogP contribution in [0, 0.1) is 6.92 Å². The predicted octanol–water partition coefficient (Wildman–Crippen LogP) is 7.33. The Morgan fingerprint density at radius 2 is 1.41 bits per heavy atom. The van der Waals surface area contributed by atoms with E-state index in [-0.39, 0.29) is 18.4 Å². The number of hydrogen-bond donors (Lipinski definition) is 5. The third kappa shape index (κ3) is 32.0. The van der Waals surface area contributed by atoms with Gasteiger partial charge in [-0.05, 0) is 64.1 Å². The highest BCUT2D eigenvalue weighted by atomic mass is 32.2. The van der Waals surface area contributed by atoms with E-state index in [1.54, 1.807) is 43.1 Å². The maximum Gasteiger partial charge on any atom is 0.251 e. The van der Waals surface area contributed by atoms with Gasteiger partial charge in [0, 0.05) is 31.8 Å². The van der Waals surface area contributed by atoms with Crippen molar-refractivity contribution in [3.63, 3.8) is 0 Å². The number of amides is 3. The number of allylic oxidation sites excluding steroid dienone is 1. The summed E-state index contributed by atoms with van der Waals surface area (Å²) in [5.74, 6) is 0.258. The van der Waals surface area contributed by atoms with Crippen LogP contribution in [-0.4, -0.2) is 83.5 Å². The number of carbonyl (C=O) groups is 3. The Morgan fingerprint density at radius 3 is 1.82 bits per heavy atom. The SMILES string of the molecule is C=C.C=C(C)C.CCC=NC.CCCCSCC(NC(C)=O)C(=O)NCC(O)C(O)C(CCCC)NC(=O)c1ccccc1.Cc1ccccc1. The number of nitrogens with one attached hydrogen (secondary N) is 3. The van der Waals surface area contributed by atoms with Gasteiger partial charge in [-0.2, -0.15) is 11.8 Å². The quantitative estimate of drug-likeness (QED) is 0.0657. The van der Waals surface area contributed by atoms with Crippen molar-refractivity contribution < 1.29 is 24.6 Å². The first-order valence-electron chi connectivity index (χ1n) is 17.7. The highest BCUT2D eigenvalue weighted by Gasteiger charge is 2.29. The van der Waals surface area contributed by atoms with E-state index >= 15 is 0 Å². The summed E-state index contributed by atoms with van der Waals surface area (Å²) in [7, 11) is 1.78. The molecule has 0 aliphatic carbocycles. The lowest BCUT2D eigenvalue weighted by Gasteiger charge is -2.28. The molecule has 5 N–H and O–H groups in total. The summed E-state index contributed by atoms with van der Waals surface area (Å²) in [5.41, 5.74) is 2.95. The van der Waals surface area contributed by atoms with Crippen LogP contribution in [0.4, 0.5) is 0 Å². The van der Waals surface area contributed by atoms with Crippen LogP contribution >= 0.6 is 11.8 Å². The first-order chi connectivity index (χ1) is 24.3. The van der Waals surface area contributed by atoms with Crippen molar-refractivity contribution in [3.05, 3.63) is 97.1 Å². The number of unbranched alkanes of at least 4 members (excludes halogenated alkanes) is 2. The molecule has 0 saturated heterocycles. The zero-order valence-corrected chi connectivity index (χ0v) is 33.4. The Kier molecular flexibility index (Phi) is 36.5. The summed E-state index contributed by atoms with van der Waals surface area (Å²) >= 11 is 1.58. The van der Waals surface area contributed by atoms with Crippen LogP contribution in [0.3, 0.4) is 0 Å². The van der Waals surface area contributed by atoms with E-state index in [1.807, 2.05) is 51.3 Å². The van der Waals surface area contributed by atoms with Gasteiger partial charge in [0.25, 0.3) is 5.91 Å². The molecule has 4 unspecified atom stereocenters. The van der Waals surface area contributed by atoms with Gasteiger partial charge in [0.2, 0.25) is 11.8 Å². The Morgan fingerprint density at radius 1 is 0.882 bits per heavy atom. The summed E-state index contributed by atoms with van der Waals surface area (Å²) in [4.78, 5) is 40.3. The molecule has 288 valence electrons. The fraction of sp³-hybridized carbons (Fsp3) is 0.512. The zero-order valence-electron chi connectivity index (χ0n) is 32.6. The first-order valence-corrected chi connectivity index (χ1v) is 18.9. The average molecular weight is 729 g/mol. The van der Waals surface area contributed by atoms with Crippen molar-refractivity contribution in [2.45, 2.75) is 111 Å². The molecule has 0 bridgehead atoms. The standard InChI is InChI=1S/C24H39N3O5S.C7H8.C4H9N.C4H8.C2H4/c1-4-6-13-19(27-23(31)18-11-9-8-10-12-18)22(30)21(29)15-25-24(32)20(26-17(3)28)16-33-14-7-5-2;1-7-5-3-2-4-6-7;1-3-4-5-2;1-4(2)3;1-2/h8-12,19-22,29-30H,4-7,13-16H2,1-3H3,(H,25,32)(H,26,28)(H,27,31);2-6H,1H3;4H,3H2,1-2H3;1H2,2-3H3;1-2H2. The van der Waals surface area contributed by atoms with Crippen molar-refractivity contribution in [2.75, 3.05) is 25.1 Å². The molecule has 0 aliphatic rings. The minimum Gasteiger partial charge on any atom is -0.388 e. The molecule has 4 atom stereocenters. The molecule has 0 spiro atoms. The van der Waals surface area contributed by atoms with Gasteiger partial charge in [-0.15, -0.1) is 19.7 Å². The van der Waals surface area contributed by atoms with E-state index in [4.69, 9.17) is 0 Å². The largest absolute Gasteiger partial charge is 0.388 e. The fourth-order valence-electron chi connectivity index (χ4n) is 3.90. The topological polar surface area (TPSA) is 140 Å². The first kappa shape index (κ1) is 51.6. The van der Waals surface area contributed by atoms with E-state index in [2.05, 4.69) is 73.6 Å². The number of aryl methyl sites for hydroxylation is 1. The number of benzene rings is 2. The number of thioether (sulfide) groups is 1. The van der Waals surface area contributed by atoms with E-state index < -0.39 is 30.2 Å². The van der Waals surface area contributed by atoms with Gasteiger partial charge in [0.1, 0.15) is 12.1 Å². The van der Waals surface area contributed by atoms with Gasteiger partial charge in [-0.3, -0.25) is 14.4 Å². The van der Waals surface area contributed by atoms with Gasteiger partial charge in [-0.1, -0.05) is 99.7 Å². The molecular weight excluding hydrogens is 661 g/mol. The predicted molar refractivity (Wildman–Crippen MR) is 220 cm³/mol. The second-order valence-corrected chi connectivity index (χ2v) is 12.9. The summed E-state index contributed by atoms with van der Waals surface area (Å²) < 4.78 is 0. The number of aliphatic imine (C=N–C) groups is 1. The number of carbonyl (C=O) groups excluding carboxylic acids is 3. The van der Waals surface area contributed by atoms with Crippen molar-refractivity contribution >= 4 is 35.7 Å². The molecule has 51 heavy (non-hydrogen) atoms. The molecule has 0 aliphatic heterocycles. The van der Waals surface area contributed by atoms with Crippen LogP contribution in [0.2, 0.25) is 0 Å². The van der Waals surface area contributed by atoms with Gasteiger partial charge < -0.3 is 31.2 Å². The Labute approximate surface area is 313 Å². The second kappa shape index (κ2) is 36.1. The van der Waals surface area contributed by atoms with Gasteiger partial charge in [0.05, 0.1) is 12.1 Å². The van der Waals surface area contributed by atoms with Crippen LogP contribution in [0.5, 0.6) is 0 Å². The Balaban J connectivity index is -0.00000104. The lowest BCUT2D eigenvalue weighted by Crippen LogP contribution is -2.54. The minimum atomic E-state index is -1.28. The average Bonchev–Trinajstić information content (AvgIpc) is 3.11. The second-order valence-electron chi connectivity index (χ2n) is 11.8. The molecule has 0 radical (unpaired) electrons. The van der Waals surface area contributed by atoms with Crippen LogP contribution < -0.4 is 16.0 Å². The molecule has 0 aromatic heterocycles. The van der Waals surface area contributed by atoms with E-state index in [0.717, 1.165) is 37.9 Å². The molecule has 0 heterocycles. The molecule has 0 saturated carbocycles. The van der Waals surface area contributed by atoms with Gasteiger partial charge in [0.15, 0.2) is 0 Å². The smallest absolute Gasteiger partial charge is 0.251 e. The number of rotatable bonds is 17. The molecule has 2 rings (SSSR count). The normalized spacial score (nSPS) is 12.2. The lowest BCUT2D eigenvalue weighted by atomic mass is 9.99. The Hall–Kier alpha value is -3.73. The molecule has 0 fully saturated rings. The monoisotopic (exact) mass is 728 g/mol. The minimum absolute atomic E-state index is 0.195. The highest BCUT2D eigenvalue weighted by Crippen LogP contribution is 2.11. The third-order valence-electron chi connectivity index (χ3n) is 6.44. The number of nitrogens with zero attached hydrogens (tertiary/aromatic N) is 1. The number of aliphatic hydroxyl groups excluding tert-OH is 2. The molecule has 2 aromatic rings. The van der Waals surface area contributed by atoms with E-state index in [0.29, 0.717) is 17.7 Å². The molecule has 9 nitrogen and oxygen atoms in total. The van der Waals surface area contributed by atoms with Crippen LogP contribution in [0.15, 0.2) is 91.0 Å². The van der Waals surface area contributed by atoms with E-state index in [1.165, 1.54) is 18.1 Å². The molecule has 2 aromatic carbocycles.